The third kappa shape index (κ3) is 2.04. The Morgan fingerprint density at radius 3 is 2.75 bits per heavy atom. The molecular formula is C11H11IN2O2. The standard InChI is InChI=1S/C11H11IN2O2/c1-7-11(16)14(6-10(15)13-7)9-5-3-2-4-8(9)12/h2-5,7H,6H2,1H3,(H,13,15). The number of halogens is 1. The van der Waals surface area contributed by atoms with Crippen molar-refractivity contribution in [3.63, 3.8) is 0 Å². The topological polar surface area (TPSA) is 49.4 Å². The predicted molar refractivity (Wildman–Crippen MR) is 69.1 cm³/mol. The number of para-hydroxylation sites is 1. The second-order valence-corrected chi connectivity index (χ2v) is 4.83. The van der Waals surface area contributed by atoms with Gasteiger partial charge in [-0.1, -0.05) is 12.1 Å². The molecule has 84 valence electrons. The molecule has 1 atom stereocenters. The van der Waals surface area contributed by atoms with E-state index in [1.165, 1.54) is 4.90 Å². The lowest BCUT2D eigenvalue weighted by molar-refractivity contribution is -0.130. The van der Waals surface area contributed by atoms with Crippen LogP contribution in [-0.4, -0.2) is 24.4 Å². The van der Waals surface area contributed by atoms with E-state index in [0.29, 0.717) is 0 Å². The summed E-state index contributed by atoms with van der Waals surface area (Å²) >= 11 is 2.16. The Hall–Kier alpha value is -1.11. The summed E-state index contributed by atoms with van der Waals surface area (Å²) in [6, 6.07) is 7.09. The maximum Gasteiger partial charge on any atom is 0.249 e. The molecule has 2 amide bonds. The van der Waals surface area contributed by atoms with Gasteiger partial charge in [0.05, 0.1) is 5.69 Å². The Balaban J connectivity index is 2.36. The molecule has 0 saturated carbocycles. The van der Waals surface area contributed by atoms with Crippen LogP contribution in [0.4, 0.5) is 5.69 Å². The van der Waals surface area contributed by atoms with Gasteiger partial charge in [0.25, 0.3) is 0 Å². The first kappa shape index (κ1) is 11.4. The first-order valence-corrected chi connectivity index (χ1v) is 6.03. The van der Waals surface area contributed by atoms with Gasteiger partial charge in [-0.3, -0.25) is 9.59 Å². The first-order valence-electron chi connectivity index (χ1n) is 4.95. The maximum atomic E-state index is 11.9. The zero-order valence-electron chi connectivity index (χ0n) is 8.74. The third-order valence-corrected chi connectivity index (χ3v) is 3.37. The molecule has 1 fully saturated rings. The average molecular weight is 330 g/mol. The molecule has 1 aromatic carbocycles. The number of piperazine rings is 1. The van der Waals surface area contributed by atoms with E-state index in [0.717, 1.165) is 9.26 Å². The van der Waals surface area contributed by atoms with Crippen LogP contribution in [0.1, 0.15) is 6.92 Å². The second-order valence-electron chi connectivity index (χ2n) is 3.66. The van der Waals surface area contributed by atoms with Gasteiger partial charge in [0.1, 0.15) is 12.6 Å². The van der Waals surface area contributed by atoms with E-state index in [4.69, 9.17) is 0 Å². The van der Waals surface area contributed by atoms with Crippen LogP contribution in [0.5, 0.6) is 0 Å². The first-order chi connectivity index (χ1) is 7.59. The number of benzene rings is 1. The van der Waals surface area contributed by atoms with E-state index in [1.54, 1.807) is 6.92 Å². The van der Waals surface area contributed by atoms with E-state index in [-0.39, 0.29) is 18.4 Å². The van der Waals surface area contributed by atoms with Crippen LogP contribution in [0.15, 0.2) is 24.3 Å². The fourth-order valence-electron chi connectivity index (χ4n) is 1.68. The lowest BCUT2D eigenvalue weighted by atomic mass is 10.2. The van der Waals surface area contributed by atoms with Gasteiger partial charge in [0.15, 0.2) is 0 Å². The van der Waals surface area contributed by atoms with Crippen molar-refractivity contribution in [3.8, 4) is 0 Å². The summed E-state index contributed by atoms with van der Waals surface area (Å²) in [7, 11) is 0. The zero-order chi connectivity index (χ0) is 11.7. The average Bonchev–Trinajstić information content (AvgIpc) is 2.24. The molecule has 0 radical (unpaired) electrons. The van der Waals surface area contributed by atoms with E-state index >= 15 is 0 Å². The fraction of sp³-hybridized carbons (Fsp3) is 0.273. The van der Waals surface area contributed by atoms with Gasteiger partial charge in [-0.05, 0) is 41.6 Å². The van der Waals surface area contributed by atoms with Crippen molar-refractivity contribution in [2.45, 2.75) is 13.0 Å². The van der Waals surface area contributed by atoms with Crippen LogP contribution in [0.2, 0.25) is 0 Å². The van der Waals surface area contributed by atoms with Crippen LogP contribution < -0.4 is 10.2 Å². The number of nitrogens with one attached hydrogen (secondary N) is 1. The van der Waals surface area contributed by atoms with Crippen molar-refractivity contribution in [2.75, 3.05) is 11.4 Å². The Labute approximate surface area is 107 Å². The van der Waals surface area contributed by atoms with Crippen molar-refractivity contribution in [2.24, 2.45) is 0 Å². The Kier molecular flexibility index (Phi) is 3.13. The molecule has 1 saturated heterocycles. The minimum atomic E-state index is -0.447. The van der Waals surface area contributed by atoms with E-state index < -0.39 is 6.04 Å². The van der Waals surface area contributed by atoms with Gasteiger partial charge in [0, 0.05) is 3.57 Å². The SMILES string of the molecule is CC1NC(=O)CN(c2ccccc2I)C1=O. The van der Waals surface area contributed by atoms with Gasteiger partial charge >= 0.3 is 0 Å². The van der Waals surface area contributed by atoms with Gasteiger partial charge in [-0.2, -0.15) is 0 Å². The molecule has 0 bridgehead atoms. The fourth-order valence-corrected chi connectivity index (χ4v) is 2.36. The minimum absolute atomic E-state index is 0.0660. The van der Waals surface area contributed by atoms with Crippen LogP contribution in [0.3, 0.4) is 0 Å². The summed E-state index contributed by atoms with van der Waals surface area (Å²) in [5.41, 5.74) is 0.801. The maximum absolute atomic E-state index is 11.9. The van der Waals surface area contributed by atoms with Gasteiger partial charge in [-0.15, -0.1) is 0 Å². The quantitative estimate of drug-likeness (QED) is 0.785. The van der Waals surface area contributed by atoms with Gasteiger partial charge in [-0.25, -0.2) is 0 Å². The number of hydrogen-bond acceptors (Lipinski definition) is 2. The number of nitrogens with zero attached hydrogens (tertiary/aromatic N) is 1. The number of anilines is 1. The Morgan fingerprint density at radius 2 is 2.06 bits per heavy atom. The molecule has 1 N–H and O–H groups in total. The van der Waals surface area contributed by atoms with Crippen molar-refractivity contribution < 1.29 is 9.59 Å². The zero-order valence-corrected chi connectivity index (χ0v) is 10.9. The second kappa shape index (κ2) is 4.40. The molecule has 0 spiro atoms. The highest BCUT2D eigenvalue weighted by molar-refractivity contribution is 14.1. The lowest BCUT2D eigenvalue weighted by Gasteiger charge is -2.31. The highest BCUT2D eigenvalue weighted by Gasteiger charge is 2.31. The summed E-state index contributed by atoms with van der Waals surface area (Å²) in [4.78, 5) is 24.9. The molecule has 2 rings (SSSR count). The molecule has 1 aliphatic rings. The van der Waals surface area contributed by atoms with E-state index in [2.05, 4.69) is 27.9 Å². The molecule has 1 aliphatic heterocycles. The molecule has 1 aromatic rings. The van der Waals surface area contributed by atoms with Crippen LogP contribution in [-0.2, 0) is 9.59 Å². The normalized spacial score (nSPS) is 20.9. The Bertz CT molecular complexity index is 447. The minimum Gasteiger partial charge on any atom is -0.343 e. The van der Waals surface area contributed by atoms with E-state index in [9.17, 15) is 9.59 Å². The number of carbonyl (C=O) groups excluding carboxylic acids is 2. The van der Waals surface area contributed by atoms with Crippen LogP contribution >= 0.6 is 22.6 Å². The van der Waals surface area contributed by atoms with Crippen molar-refractivity contribution in [1.29, 1.82) is 0 Å². The molecule has 1 heterocycles. The number of hydrogen-bond donors (Lipinski definition) is 1. The predicted octanol–water partition coefficient (Wildman–Crippen LogP) is 1.14. The van der Waals surface area contributed by atoms with Crippen LogP contribution in [0.25, 0.3) is 0 Å². The highest BCUT2D eigenvalue weighted by Crippen LogP contribution is 2.23. The smallest absolute Gasteiger partial charge is 0.249 e. The molecular weight excluding hydrogens is 319 g/mol. The number of rotatable bonds is 1. The molecule has 5 heteroatoms. The lowest BCUT2D eigenvalue weighted by Crippen LogP contribution is -2.57. The van der Waals surface area contributed by atoms with Crippen molar-refractivity contribution in [1.82, 2.24) is 5.32 Å². The summed E-state index contributed by atoms with van der Waals surface area (Å²) < 4.78 is 0.968. The molecule has 0 aromatic heterocycles. The number of amides is 2. The number of carbonyl (C=O) groups is 2. The Morgan fingerprint density at radius 1 is 1.38 bits per heavy atom. The van der Waals surface area contributed by atoms with Gasteiger partial charge < -0.3 is 10.2 Å². The van der Waals surface area contributed by atoms with Gasteiger partial charge in [0.2, 0.25) is 11.8 Å². The van der Waals surface area contributed by atoms with Crippen LogP contribution in [0, 0.1) is 3.57 Å². The molecule has 0 aliphatic carbocycles. The monoisotopic (exact) mass is 330 g/mol. The molecule has 4 nitrogen and oxygen atoms in total. The summed E-state index contributed by atoms with van der Waals surface area (Å²) in [6.45, 7) is 1.80. The molecule has 1 unspecified atom stereocenters. The highest BCUT2D eigenvalue weighted by atomic mass is 127. The summed E-state index contributed by atoms with van der Waals surface area (Å²) in [5.74, 6) is -0.185. The van der Waals surface area contributed by atoms with Crippen molar-refractivity contribution >= 4 is 40.1 Å². The van der Waals surface area contributed by atoms with Crippen molar-refractivity contribution in [3.05, 3.63) is 27.8 Å². The molecule has 16 heavy (non-hydrogen) atoms. The summed E-state index contributed by atoms with van der Waals surface area (Å²) in [5, 5.41) is 2.62. The largest absolute Gasteiger partial charge is 0.343 e. The third-order valence-electron chi connectivity index (χ3n) is 2.46. The summed E-state index contributed by atoms with van der Waals surface area (Å²) in [6.07, 6.45) is 0. The van der Waals surface area contributed by atoms with E-state index in [1.807, 2.05) is 24.3 Å².